The molecule has 17 heavy (non-hydrogen) atoms. The Bertz CT molecular complexity index is 283. The molecule has 0 spiro atoms. The van der Waals surface area contributed by atoms with Gasteiger partial charge in [0.1, 0.15) is 6.10 Å². The van der Waals surface area contributed by atoms with Gasteiger partial charge in [0.2, 0.25) is 11.8 Å². The van der Waals surface area contributed by atoms with Gasteiger partial charge in [-0.05, 0) is 25.8 Å². The second kappa shape index (κ2) is 6.56. The number of hydrogen-bond donors (Lipinski definition) is 3. The van der Waals surface area contributed by atoms with Crippen molar-refractivity contribution < 1.29 is 14.7 Å². The van der Waals surface area contributed by atoms with Crippen LogP contribution in [0.4, 0.5) is 0 Å². The van der Waals surface area contributed by atoms with Crippen molar-refractivity contribution in [1.82, 2.24) is 10.2 Å². The Morgan fingerprint density at radius 1 is 1.71 bits per heavy atom. The van der Waals surface area contributed by atoms with Crippen molar-refractivity contribution >= 4 is 11.8 Å². The number of rotatable bonds is 6. The Hall–Kier alpha value is -1.14. The van der Waals surface area contributed by atoms with Gasteiger partial charge in [-0.3, -0.25) is 9.59 Å². The number of likely N-dealkylation sites (tertiary alicyclic amines) is 1. The third-order valence-electron chi connectivity index (χ3n) is 2.89. The van der Waals surface area contributed by atoms with Crippen LogP contribution in [0.15, 0.2) is 0 Å². The minimum absolute atomic E-state index is 0.00152. The number of aliphatic hydroxyl groups is 1. The zero-order chi connectivity index (χ0) is 12.8. The minimum Gasteiger partial charge on any atom is -0.381 e. The predicted octanol–water partition coefficient (Wildman–Crippen LogP) is -1.18. The maximum absolute atomic E-state index is 12.0. The summed E-state index contributed by atoms with van der Waals surface area (Å²) in [5, 5.41) is 12.5. The highest BCUT2D eigenvalue weighted by Gasteiger charge is 2.30. The van der Waals surface area contributed by atoms with Gasteiger partial charge >= 0.3 is 0 Å². The fourth-order valence-electron chi connectivity index (χ4n) is 1.93. The molecule has 2 atom stereocenters. The van der Waals surface area contributed by atoms with Crippen LogP contribution in [-0.2, 0) is 9.59 Å². The molecule has 1 fully saturated rings. The summed E-state index contributed by atoms with van der Waals surface area (Å²) in [5.41, 5.74) is 4.97. The average molecular weight is 243 g/mol. The summed E-state index contributed by atoms with van der Waals surface area (Å²) < 4.78 is 0. The molecule has 0 aliphatic carbocycles. The van der Waals surface area contributed by atoms with Gasteiger partial charge < -0.3 is 21.1 Å². The molecule has 0 aromatic carbocycles. The van der Waals surface area contributed by atoms with Crippen molar-refractivity contribution in [3.63, 3.8) is 0 Å². The molecule has 0 saturated carbocycles. The molecule has 0 bridgehead atoms. The van der Waals surface area contributed by atoms with E-state index < -0.39 is 12.0 Å². The molecular formula is C11H21N3O3. The molecule has 6 nitrogen and oxygen atoms in total. The standard InChI is InChI=1S/C11H21N3O3/c1-2-5-13-8-4-3-6-14(11(8)17)7-9(15)10(12)16/h8-9,13,15H,2-7H2,1H3,(H2,12,16). The number of aliphatic hydroxyl groups excluding tert-OH is 1. The lowest BCUT2D eigenvalue weighted by molar-refractivity contribution is -0.139. The maximum atomic E-state index is 12.0. The highest BCUT2D eigenvalue weighted by molar-refractivity contribution is 5.84. The van der Waals surface area contributed by atoms with E-state index in [4.69, 9.17) is 5.73 Å². The topological polar surface area (TPSA) is 95.7 Å². The summed E-state index contributed by atoms with van der Waals surface area (Å²) in [6, 6.07) is -0.191. The maximum Gasteiger partial charge on any atom is 0.248 e. The van der Waals surface area contributed by atoms with Crippen LogP contribution in [-0.4, -0.2) is 53.6 Å². The lowest BCUT2D eigenvalue weighted by Gasteiger charge is -2.33. The summed E-state index contributed by atoms with van der Waals surface area (Å²) in [4.78, 5) is 24.2. The van der Waals surface area contributed by atoms with Gasteiger partial charge in [0.05, 0.1) is 12.6 Å². The molecule has 0 radical (unpaired) electrons. The first kappa shape index (κ1) is 13.9. The van der Waals surface area contributed by atoms with Crippen LogP contribution in [0.5, 0.6) is 0 Å². The third kappa shape index (κ3) is 3.98. The first-order valence-electron chi connectivity index (χ1n) is 6.05. The summed E-state index contributed by atoms with van der Waals surface area (Å²) in [6.07, 6.45) is 1.37. The third-order valence-corrected chi connectivity index (χ3v) is 2.89. The Balaban J connectivity index is 2.50. The molecule has 6 heteroatoms. The van der Waals surface area contributed by atoms with Crippen LogP contribution < -0.4 is 11.1 Å². The van der Waals surface area contributed by atoms with Crippen molar-refractivity contribution in [1.29, 1.82) is 0 Å². The number of hydrogen-bond acceptors (Lipinski definition) is 4. The first-order valence-corrected chi connectivity index (χ1v) is 6.05. The molecule has 98 valence electrons. The normalized spacial score (nSPS) is 22.6. The fourth-order valence-corrected chi connectivity index (χ4v) is 1.93. The Labute approximate surface area is 101 Å². The van der Waals surface area contributed by atoms with Crippen molar-refractivity contribution in [3.05, 3.63) is 0 Å². The van der Waals surface area contributed by atoms with E-state index in [1.807, 2.05) is 6.92 Å². The van der Waals surface area contributed by atoms with Crippen molar-refractivity contribution in [2.45, 2.75) is 38.3 Å². The summed E-state index contributed by atoms with van der Waals surface area (Å²) in [6.45, 7) is 3.41. The Kier molecular flexibility index (Phi) is 5.37. The quantitative estimate of drug-likeness (QED) is 0.547. The van der Waals surface area contributed by atoms with Gasteiger partial charge in [-0.1, -0.05) is 6.92 Å². The van der Waals surface area contributed by atoms with Crippen LogP contribution in [0.2, 0.25) is 0 Å². The van der Waals surface area contributed by atoms with E-state index in [9.17, 15) is 14.7 Å². The van der Waals surface area contributed by atoms with Crippen LogP contribution in [0.25, 0.3) is 0 Å². The van der Waals surface area contributed by atoms with E-state index in [0.29, 0.717) is 6.54 Å². The monoisotopic (exact) mass is 243 g/mol. The van der Waals surface area contributed by atoms with Gasteiger partial charge in [0.15, 0.2) is 0 Å². The van der Waals surface area contributed by atoms with E-state index in [2.05, 4.69) is 5.32 Å². The number of nitrogens with two attached hydrogens (primary N) is 1. The highest BCUT2D eigenvalue weighted by atomic mass is 16.3. The average Bonchev–Trinajstić information content (AvgIpc) is 2.30. The number of amides is 2. The molecule has 1 aliphatic rings. The van der Waals surface area contributed by atoms with Gasteiger partial charge in [-0.25, -0.2) is 0 Å². The number of nitrogens with one attached hydrogen (secondary N) is 1. The van der Waals surface area contributed by atoms with Crippen molar-refractivity contribution in [3.8, 4) is 0 Å². The van der Waals surface area contributed by atoms with Gasteiger partial charge in [0.25, 0.3) is 0 Å². The molecule has 1 saturated heterocycles. The number of piperidine rings is 1. The highest BCUT2D eigenvalue weighted by Crippen LogP contribution is 2.12. The molecule has 4 N–H and O–H groups in total. The summed E-state index contributed by atoms with van der Waals surface area (Å²) in [5.74, 6) is -0.841. The molecular weight excluding hydrogens is 222 g/mol. The van der Waals surface area contributed by atoms with E-state index in [0.717, 1.165) is 25.8 Å². The molecule has 0 aromatic heterocycles. The number of primary amides is 1. The van der Waals surface area contributed by atoms with Crippen LogP contribution in [0, 0.1) is 0 Å². The molecule has 1 rings (SSSR count). The zero-order valence-corrected chi connectivity index (χ0v) is 10.2. The van der Waals surface area contributed by atoms with Crippen LogP contribution in [0.1, 0.15) is 26.2 Å². The molecule has 1 heterocycles. The lowest BCUT2D eigenvalue weighted by Crippen LogP contribution is -2.53. The number of carbonyl (C=O) groups excluding carboxylic acids is 2. The number of carbonyl (C=O) groups is 2. The number of β-amino-alcohol motifs (C(OH)–C–C–N with tert-alkyl or cyclic N) is 1. The van der Waals surface area contributed by atoms with Crippen LogP contribution in [0.3, 0.4) is 0 Å². The van der Waals surface area contributed by atoms with E-state index in [1.54, 1.807) is 0 Å². The van der Waals surface area contributed by atoms with Crippen molar-refractivity contribution in [2.75, 3.05) is 19.6 Å². The second-order valence-corrected chi connectivity index (χ2v) is 4.35. The zero-order valence-electron chi connectivity index (χ0n) is 10.2. The number of nitrogens with zero attached hydrogens (tertiary/aromatic N) is 1. The molecule has 0 aromatic rings. The van der Waals surface area contributed by atoms with Gasteiger partial charge in [0, 0.05) is 6.54 Å². The van der Waals surface area contributed by atoms with E-state index in [1.165, 1.54) is 4.90 Å². The SMILES string of the molecule is CCCNC1CCCN(CC(O)C(N)=O)C1=O. The summed E-state index contributed by atoms with van der Waals surface area (Å²) >= 11 is 0. The lowest BCUT2D eigenvalue weighted by atomic mass is 10.0. The van der Waals surface area contributed by atoms with E-state index in [-0.39, 0.29) is 18.5 Å². The molecule has 1 aliphatic heterocycles. The Morgan fingerprint density at radius 2 is 2.41 bits per heavy atom. The largest absolute Gasteiger partial charge is 0.381 e. The first-order chi connectivity index (χ1) is 8.06. The van der Waals surface area contributed by atoms with E-state index >= 15 is 0 Å². The van der Waals surface area contributed by atoms with Crippen LogP contribution >= 0.6 is 0 Å². The summed E-state index contributed by atoms with van der Waals surface area (Å²) in [7, 11) is 0. The molecule has 2 amide bonds. The minimum atomic E-state index is -1.27. The smallest absolute Gasteiger partial charge is 0.248 e. The Morgan fingerprint density at radius 3 is 3.00 bits per heavy atom. The second-order valence-electron chi connectivity index (χ2n) is 4.35. The predicted molar refractivity (Wildman–Crippen MR) is 63.1 cm³/mol. The molecule has 2 unspecified atom stereocenters. The van der Waals surface area contributed by atoms with Gasteiger partial charge in [-0.15, -0.1) is 0 Å². The van der Waals surface area contributed by atoms with Gasteiger partial charge in [-0.2, -0.15) is 0 Å². The van der Waals surface area contributed by atoms with Crippen molar-refractivity contribution in [2.24, 2.45) is 5.73 Å². The fraction of sp³-hybridized carbons (Fsp3) is 0.818.